The zero-order chi connectivity index (χ0) is 14.8. The van der Waals surface area contributed by atoms with Crippen LogP contribution in [-0.4, -0.2) is 50.2 Å². The lowest BCUT2D eigenvalue weighted by atomic mass is 10.3. The van der Waals surface area contributed by atoms with Crippen LogP contribution >= 0.6 is 0 Å². The number of hydrogen-bond donors (Lipinski definition) is 1. The van der Waals surface area contributed by atoms with Crippen LogP contribution in [0.15, 0.2) is 24.3 Å². The number of rotatable bonds is 10. The number of likely N-dealkylation sites (N-methyl/N-ethyl adjacent to an activating group) is 1. The Labute approximate surface area is 119 Å². The average molecular weight is 281 g/mol. The third-order valence-electron chi connectivity index (χ3n) is 2.78. The maximum Gasteiger partial charge on any atom is 0.273 e. The standard InChI is InChI=1S/C14H23N3O3/c1-16(2)10-9-15-8-3-4-11-20-14-7-5-6-13(12-14)17(18)19/h5-7,12,15H,3-4,8-11H2,1-2H3. The summed E-state index contributed by atoms with van der Waals surface area (Å²) in [7, 11) is 4.10. The fourth-order valence-electron chi connectivity index (χ4n) is 1.66. The molecule has 0 aromatic heterocycles. The zero-order valence-electron chi connectivity index (χ0n) is 12.2. The molecule has 0 saturated carbocycles. The highest BCUT2D eigenvalue weighted by atomic mass is 16.6. The summed E-state index contributed by atoms with van der Waals surface area (Å²) < 4.78 is 5.50. The molecule has 0 bridgehead atoms. The average Bonchev–Trinajstić information content (AvgIpc) is 2.41. The second-order valence-electron chi connectivity index (χ2n) is 4.86. The van der Waals surface area contributed by atoms with Gasteiger partial charge in [0.25, 0.3) is 5.69 Å². The van der Waals surface area contributed by atoms with Gasteiger partial charge in [-0.25, -0.2) is 0 Å². The topological polar surface area (TPSA) is 67.6 Å². The molecule has 1 rings (SSSR count). The van der Waals surface area contributed by atoms with Crippen LogP contribution in [0.4, 0.5) is 5.69 Å². The molecule has 0 atom stereocenters. The van der Waals surface area contributed by atoms with E-state index in [4.69, 9.17) is 4.74 Å². The molecule has 0 unspecified atom stereocenters. The SMILES string of the molecule is CN(C)CCNCCCCOc1cccc([N+](=O)[O-])c1. The van der Waals surface area contributed by atoms with Gasteiger partial charge in [-0.3, -0.25) is 10.1 Å². The first-order chi connectivity index (χ1) is 9.59. The van der Waals surface area contributed by atoms with Crippen LogP contribution in [0.25, 0.3) is 0 Å². The number of benzene rings is 1. The summed E-state index contributed by atoms with van der Waals surface area (Å²) in [6, 6.07) is 6.29. The number of nitro benzene ring substituents is 1. The molecule has 0 amide bonds. The van der Waals surface area contributed by atoms with Crippen molar-refractivity contribution >= 4 is 5.69 Å². The Balaban J connectivity index is 2.09. The van der Waals surface area contributed by atoms with Crippen LogP contribution in [0.2, 0.25) is 0 Å². The van der Waals surface area contributed by atoms with Gasteiger partial charge >= 0.3 is 0 Å². The highest BCUT2D eigenvalue weighted by Crippen LogP contribution is 2.19. The van der Waals surface area contributed by atoms with Crippen LogP contribution in [0.3, 0.4) is 0 Å². The van der Waals surface area contributed by atoms with Gasteiger partial charge in [0.15, 0.2) is 0 Å². The largest absolute Gasteiger partial charge is 0.493 e. The third kappa shape index (κ3) is 7.06. The molecule has 1 aromatic rings. The maximum atomic E-state index is 10.6. The van der Waals surface area contributed by atoms with E-state index in [0.717, 1.165) is 32.5 Å². The maximum absolute atomic E-state index is 10.6. The number of ether oxygens (including phenoxy) is 1. The molecule has 1 aromatic carbocycles. The van der Waals surface area contributed by atoms with E-state index in [2.05, 4.69) is 24.3 Å². The Morgan fingerprint density at radius 3 is 2.80 bits per heavy atom. The minimum atomic E-state index is -0.415. The van der Waals surface area contributed by atoms with E-state index in [9.17, 15) is 10.1 Å². The predicted octanol–water partition coefficient (Wildman–Crippen LogP) is 1.90. The van der Waals surface area contributed by atoms with Crippen LogP contribution in [0, 0.1) is 10.1 Å². The van der Waals surface area contributed by atoms with Crippen molar-refractivity contribution in [1.29, 1.82) is 0 Å². The summed E-state index contributed by atoms with van der Waals surface area (Å²) >= 11 is 0. The molecule has 0 fully saturated rings. The lowest BCUT2D eigenvalue weighted by Crippen LogP contribution is -2.27. The first-order valence-corrected chi connectivity index (χ1v) is 6.82. The van der Waals surface area contributed by atoms with E-state index in [-0.39, 0.29) is 5.69 Å². The van der Waals surface area contributed by atoms with Crippen LogP contribution in [-0.2, 0) is 0 Å². The molecule has 0 aliphatic rings. The number of nitrogens with zero attached hydrogens (tertiary/aromatic N) is 2. The van der Waals surface area contributed by atoms with Crippen LogP contribution < -0.4 is 10.1 Å². The van der Waals surface area contributed by atoms with Crippen molar-refractivity contribution in [1.82, 2.24) is 10.2 Å². The Kier molecular flexibility index (Phi) is 7.60. The van der Waals surface area contributed by atoms with Crippen LogP contribution in [0.5, 0.6) is 5.75 Å². The number of hydrogen-bond acceptors (Lipinski definition) is 5. The zero-order valence-corrected chi connectivity index (χ0v) is 12.2. The van der Waals surface area contributed by atoms with E-state index in [0.29, 0.717) is 12.4 Å². The second kappa shape index (κ2) is 9.28. The molecule has 20 heavy (non-hydrogen) atoms. The molecule has 0 heterocycles. The van der Waals surface area contributed by atoms with Gasteiger partial charge in [0.05, 0.1) is 17.6 Å². The summed E-state index contributed by atoms with van der Waals surface area (Å²) in [5.74, 6) is 0.555. The molecule has 0 saturated heterocycles. The normalized spacial score (nSPS) is 10.8. The summed E-state index contributed by atoms with van der Waals surface area (Å²) in [5.41, 5.74) is 0.0628. The van der Waals surface area contributed by atoms with Crippen molar-refractivity contribution in [2.75, 3.05) is 40.3 Å². The van der Waals surface area contributed by atoms with Gasteiger partial charge < -0.3 is 15.0 Å². The van der Waals surface area contributed by atoms with Gasteiger partial charge in [-0.1, -0.05) is 6.07 Å². The third-order valence-corrected chi connectivity index (χ3v) is 2.78. The van der Waals surface area contributed by atoms with E-state index in [1.807, 2.05) is 0 Å². The van der Waals surface area contributed by atoms with Gasteiger partial charge in [0.1, 0.15) is 5.75 Å². The highest BCUT2D eigenvalue weighted by Gasteiger charge is 2.05. The lowest BCUT2D eigenvalue weighted by molar-refractivity contribution is -0.384. The minimum absolute atomic E-state index is 0.0628. The monoisotopic (exact) mass is 281 g/mol. The predicted molar refractivity (Wildman–Crippen MR) is 79.2 cm³/mol. The summed E-state index contributed by atoms with van der Waals surface area (Å²) in [6.45, 7) is 3.56. The van der Waals surface area contributed by atoms with Gasteiger partial charge in [-0.2, -0.15) is 0 Å². The summed E-state index contributed by atoms with van der Waals surface area (Å²) in [5, 5.41) is 14.0. The smallest absolute Gasteiger partial charge is 0.273 e. The first kappa shape index (κ1) is 16.4. The molecule has 0 spiro atoms. The van der Waals surface area contributed by atoms with Crippen molar-refractivity contribution < 1.29 is 9.66 Å². The quantitative estimate of drug-likeness (QED) is 0.403. The Morgan fingerprint density at radius 2 is 2.10 bits per heavy atom. The van der Waals surface area contributed by atoms with Crippen molar-refractivity contribution in [2.24, 2.45) is 0 Å². The number of unbranched alkanes of at least 4 members (excludes halogenated alkanes) is 1. The van der Waals surface area contributed by atoms with Crippen molar-refractivity contribution in [3.63, 3.8) is 0 Å². The van der Waals surface area contributed by atoms with Crippen molar-refractivity contribution in [3.8, 4) is 5.75 Å². The Hall–Kier alpha value is -1.66. The highest BCUT2D eigenvalue weighted by molar-refractivity contribution is 5.37. The minimum Gasteiger partial charge on any atom is -0.493 e. The number of non-ortho nitro benzene ring substituents is 1. The van der Waals surface area contributed by atoms with E-state index >= 15 is 0 Å². The molecule has 0 aliphatic carbocycles. The summed E-state index contributed by atoms with van der Waals surface area (Å²) in [6.07, 6.45) is 1.96. The van der Waals surface area contributed by atoms with Crippen LogP contribution in [0.1, 0.15) is 12.8 Å². The Morgan fingerprint density at radius 1 is 1.30 bits per heavy atom. The van der Waals surface area contributed by atoms with E-state index in [1.54, 1.807) is 12.1 Å². The molecule has 6 heteroatoms. The van der Waals surface area contributed by atoms with Gasteiger partial charge in [-0.15, -0.1) is 0 Å². The number of nitro groups is 1. The molecule has 0 aliphatic heterocycles. The second-order valence-corrected chi connectivity index (χ2v) is 4.86. The van der Waals surface area contributed by atoms with Crippen molar-refractivity contribution in [2.45, 2.75) is 12.8 Å². The van der Waals surface area contributed by atoms with E-state index < -0.39 is 4.92 Å². The fourth-order valence-corrected chi connectivity index (χ4v) is 1.66. The fraction of sp³-hybridized carbons (Fsp3) is 0.571. The van der Waals surface area contributed by atoms with Crippen molar-refractivity contribution in [3.05, 3.63) is 34.4 Å². The first-order valence-electron chi connectivity index (χ1n) is 6.82. The molecule has 0 radical (unpaired) electrons. The van der Waals surface area contributed by atoms with E-state index in [1.165, 1.54) is 12.1 Å². The lowest BCUT2D eigenvalue weighted by Gasteiger charge is -2.10. The summed E-state index contributed by atoms with van der Waals surface area (Å²) in [4.78, 5) is 12.3. The molecule has 112 valence electrons. The van der Waals surface area contributed by atoms with Gasteiger partial charge in [-0.05, 0) is 39.5 Å². The number of nitrogens with one attached hydrogen (secondary N) is 1. The Bertz CT molecular complexity index is 410. The molecular weight excluding hydrogens is 258 g/mol. The molecule has 1 N–H and O–H groups in total. The van der Waals surface area contributed by atoms with Gasteiger partial charge in [0, 0.05) is 19.2 Å². The molecular formula is C14H23N3O3. The molecule has 6 nitrogen and oxygen atoms in total. The van der Waals surface area contributed by atoms with Gasteiger partial charge in [0.2, 0.25) is 0 Å².